The quantitative estimate of drug-likeness (QED) is 0.283. The van der Waals surface area contributed by atoms with Crippen LogP contribution in [-0.2, 0) is 19.2 Å². The Hall–Kier alpha value is -2.37. The molecule has 1 rings (SSSR count). The van der Waals surface area contributed by atoms with E-state index in [0.717, 1.165) is 0 Å². The van der Waals surface area contributed by atoms with E-state index in [-0.39, 0.29) is 31.0 Å². The Morgan fingerprint density at radius 2 is 1.70 bits per heavy atom. The molecular formula is C15H23ClN4O6S. The molecule has 2 atom stereocenters. The third kappa shape index (κ3) is 14.5. The van der Waals surface area contributed by atoms with Gasteiger partial charge in [-0.3, -0.25) is 24.2 Å². The molecule has 1 aromatic heterocycles. The van der Waals surface area contributed by atoms with Crippen molar-refractivity contribution in [2.45, 2.75) is 24.9 Å². The molecule has 2 amide bonds. The molecule has 2 unspecified atom stereocenters. The molecule has 0 aromatic carbocycles. The third-order valence-electron chi connectivity index (χ3n) is 2.81. The summed E-state index contributed by atoms with van der Waals surface area (Å²) in [4.78, 5) is 47.5. The first-order valence-electron chi connectivity index (χ1n) is 7.51. The summed E-state index contributed by atoms with van der Waals surface area (Å²) in [5.41, 5.74) is 5.23. The van der Waals surface area contributed by atoms with Crippen molar-refractivity contribution in [2.75, 3.05) is 12.3 Å². The fourth-order valence-electron chi connectivity index (χ4n) is 1.47. The van der Waals surface area contributed by atoms with Crippen molar-refractivity contribution in [3.8, 4) is 0 Å². The van der Waals surface area contributed by atoms with Gasteiger partial charge in [0.25, 0.3) is 0 Å². The first-order chi connectivity index (χ1) is 12.3. The molecule has 0 fully saturated rings. The van der Waals surface area contributed by atoms with Crippen molar-refractivity contribution in [3.05, 3.63) is 30.6 Å². The Morgan fingerprint density at radius 1 is 1.11 bits per heavy atom. The molecule has 0 aliphatic rings. The van der Waals surface area contributed by atoms with E-state index in [0.29, 0.717) is 0 Å². The number of thiol groups is 1. The van der Waals surface area contributed by atoms with Gasteiger partial charge in [0.05, 0.1) is 0 Å². The van der Waals surface area contributed by atoms with Crippen LogP contribution >= 0.6 is 25.0 Å². The van der Waals surface area contributed by atoms with Crippen molar-refractivity contribution in [3.63, 3.8) is 0 Å². The van der Waals surface area contributed by atoms with Gasteiger partial charge in [0.1, 0.15) is 18.6 Å². The van der Waals surface area contributed by atoms with Gasteiger partial charge in [-0.1, -0.05) is 6.07 Å². The molecule has 0 saturated heterocycles. The number of hydrogen-bond acceptors (Lipinski definition) is 7. The highest BCUT2D eigenvalue weighted by atomic mass is 35.5. The monoisotopic (exact) mass is 422 g/mol. The SMILES string of the molecule is Cl.NC(CCC(=O)NC(CS)C(=O)NCC(=O)O)C(=O)O.c1ccncc1. The summed E-state index contributed by atoms with van der Waals surface area (Å²) in [7, 11) is 0. The second kappa shape index (κ2) is 15.9. The van der Waals surface area contributed by atoms with Gasteiger partial charge in [0.2, 0.25) is 11.8 Å². The number of carbonyl (C=O) groups excluding carboxylic acids is 2. The molecule has 6 N–H and O–H groups in total. The van der Waals surface area contributed by atoms with Crippen molar-refractivity contribution >= 4 is 48.8 Å². The number of pyridine rings is 1. The lowest BCUT2D eigenvalue weighted by Gasteiger charge is -2.16. The van der Waals surface area contributed by atoms with Gasteiger partial charge in [-0.25, -0.2) is 0 Å². The van der Waals surface area contributed by atoms with Crippen LogP contribution in [0.4, 0.5) is 0 Å². The predicted molar refractivity (Wildman–Crippen MR) is 103 cm³/mol. The van der Waals surface area contributed by atoms with Gasteiger partial charge in [-0.2, -0.15) is 12.6 Å². The maximum absolute atomic E-state index is 11.5. The van der Waals surface area contributed by atoms with Crippen molar-refractivity contribution in [1.29, 1.82) is 0 Å². The van der Waals surface area contributed by atoms with Crippen LogP contribution in [0.25, 0.3) is 0 Å². The number of aromatic nitrogens is 1. The van der Waals surface area contributed by atoms with Crippen molar-refractivity contribution in [2.24, 2.45) is 5.73 Å². The van der Waals surface area contributed by atoms with Gasteiger partial charge in [-0.15, -0.1) is 12.4 Å². The zero-order valence-corrected chi connectivity index (χ0v) is 16.0. The van der Waals surface area contributed by atoms with E-state index >= 15 is 0 Å². The Bertz CT molecular complexity index is 566. The number of halogens is 1. The van der Waals surface area contributed by atoms with E-state index in [9.17, 15) is 19.2 Å². The number of amides is 2. The zero-order valence-electron chi connectivity index (χ0n) is 14.3. The number of hydrogen-bond donors (Lipinski definition) is 6. The standard InChI is InChI=1S/C10H17N3O6S.C5H5N.ClH/c11-5(10(18)19)1-2-7(14)13-6(4-20)9(17)12-3-8(15)16;1-2-4-6-5-3-1;/h5-6,20H,1-4,11H2,(H,12,17)(H,13,14)(H,15,16)(H,18,19);1-5H;1H. The number of rotatable bonds is 9. The highest BCUT2D eigenvalue weighted by molar-refractivity contribution is 7.80. The van der Waals surface area contributed by atoms with E-state index in [1.165, 1.54) is 0 Å². The average Bonchev–Trinajstić information content (AvgIpc) is 2.63. The largest absolute Gasteiger partial charge is 0.480 e. The summed E-state index contributed by atoms with van der Waals surface area (Å²) < 4.78 is 0. The summed E-state index contributed by atoms with van der Waals surface area (Å²) in [5.74, 6) is -3.70. The number of nitrogens with zero attached hydrogens (tertiary/aromatic N) is 1. The molecule has 1 aromatic rings. The smallest absolute Gasteiger partial charge is 0.322 e. The third-order valence-corrected chi connectivity index (χ3v) is 3.18. The molecule has 0 spiro atoms. The van der Waals surface area contributed by atoms with Gasteiger partial charge in [0.15, 0.2) is 0 Å². The van der Waals surface area contributed by atoms with Crippen LogP contribution in [0.2, 0.25) is 0 Å². The molecule has 0 aliphatic heterocycles. The van der Waals surface area contributed by atoms with E-state index in [4.69, 9.17) is 15.9 Å². The minimum atomic E-state index is -1.22. The van der Waals surface area contributed by atoms with Crippen LogP contribution in [0, 0.1) is 0 Å². The summed E-state index contributed by atoms with van der Waals surface area (Å²) in [6.45, 7) is -0.567. The molecule has 27 heavy (non-hydrogen) atoms. The lowest BCUT2D eigenvalue weighted by Crippen LogP contribution is -2.49. The lowest BCUT2D eigenvalue weighted by molar-refractivity contribution is -0.139. The molecule has 152 valence electrons. The second-order valence-electron chi connectivity index (χ2n) is 4.92. The fraction of sp³-hybridized carbons (Fsp3) is 0.400. The highest BCUT2D eigenvalue weighted by Crippen LogP contribution is 1.97. The van der Waals surface area contributed by atoms with Crippen molar-refractivity contribution in [1.82, 2.24) is 15.6 Å². The van der Waals surface area contributed by atoms with E-state index < -0.39 is 42.4 Å². The molecule has 0 radical (unpaired) electrons. The predicted octanol–water partition coefficient (Wildman–Crippen LogP) is -0.703. The molecule has 12 heteroatoms. The maximum atomic E-state index is 11.5. The maximum Gasteiger partial charge on any atom is 0.322 e. The summed E-state index contributed by atoms with van der Waals surface area (Å²) in [5, 5.41) is 21.4. The number of aliphatic carboxylic acids is 2. The van der Waals surface area contributed by atoms with Crippen molar-refractivity contribution < 1.29 is 29.4 Å². The highest BCUT2D eigenvalue weighted by Gasteiger charge is 2.20. The van der Waals surface area contributed by atoms with Crippen LogP contribution in [0.3, 0.4) is 0 Å². The first kappa shape index (κ1) is 26.9. The van der Waals surface area contributed by atoms with E-state index in [1.54, 1.807) is 12.4 Å². The Labute approximate surface area is 167 Å². The number of nitrogens with one attached hydrogen (secondary N) is 2. The Kier molecular flexibility index (Phi) is 15.8. The normalized spacial score (nSPS) is 11.5. The summed E-state index contributed by atoms with van der Waals surface area (Å²) >= 11 is 3.87. The molecule has 0 aliphatic carbocycles. The summed E-state index contributed by atoms with van der Waals surface area (Å²) in [6.07, 6.45) is 3.27. The van der Waals surface area contributed by atoms with E-state index in [2.05, 4.69) is 28.2 Å². The topological polar surface area (TPSA) is 172 Å². The number of carboxylic acid groups (broad SMARTS) is 2. The van der Waals surface area contributed by atoms with Crippen LogP contribution in [0.5, 0.6) is 0 Å². The molecular weight excluding hydrogens is 400 g/mol. The second-order valence-corrected chi connectivity index (χ2v) is 5.29. The number of carbonyl (C=O) groups is 4. The number of carboxylic acids is 2. The molecule has 0 saturated carbocycles. The minimum absolute atomic E-state index is 0. The van der Waals surface area contributed by atoms with Crippen LogP contribution < -0.4 is 16.4 Å². The minimum Gasteiger partial charge on any atom is -0.480 e. The molecule has 0 bridgehead atoms. The fourth-order valence-corrected chi connectivity index (χ4v) is 1.73. The van der Waals surface area contributed by atoms with Crippen LogP contribution in [0.1, 0.15) is 12.8 Å². The average molecular weight is 423 g/mol. The molecule has 1 heterocycles. The number of nitrogens with two attached hydrogens (primary N) is 1. The van der Waals surface area contributed by atoms with Gasteiger partial charge >= 0.3 is 11.9 Å². The zero-order chi connectivity index (χ0) is 19.9. The summed E-state index contributed by atoms with van der Waals surface area (Å²) in [6, 6.07) is 3.56. The van der Waals surface area contributed by atoms with E-state index in [1.807, 2.05) is 18.2 Å². The Balaban J connectivity index is 0. The van der Waals surface area contributed by atoms with Crippen LogP contribution in [-0.4, -0.2) is 63.3 Å². The Morgan fingerprint density at radius 3 is 2.07 bits per heavy atom. The van der Waals surface area contributed by atoms with Gasteiger partial charge in [0, 0.05) is 24.6 Å². The molecule has 10 nitrogen and oxygen atoms in total. The lowest BCUT2D eigenvalue weighted by atomic mass is 10.1. The van der Waals surface area contributed by atoms with Crippen LogP contribution in [0.15, 0.2) is 30.6 Å². The first-order valence-corrected chi connectivity index (χ1v) is 8.14. The van der Waals surface area contributed by atoms with Gasteiger partial charge < -0.3 is 26.6 Å². The van der Waals surface area contributed by atoms with Gasteiger partial charge in [-0.05, 0) is 18.6 Å².